The zero-order valence-corrected chi connectivity index (χ0v) is 11.3. The summed E-state index contributed by atoms with van der Waals surface area (Å²) in [4.78, 5) is 0. The number of rotatable bonds is 7. The van der Waals surface area contributed by atoms with Crippen LogP contribution >= 0.6 is 11.6 Å². The molecule has 0 bridgehead atoms. The highest BCUT2D eigenvalue weighted by Gasteiger charge is 2.07. The van der Waals surface area contributed by atoms with E-state index in [0.29, 0.717) is 13.2 Å². The lowest BCUT2D eigenvalue weighted by Gasteiger charge is -2.15. The van der Waals surface area contributed by atoms with Crippen molar-refractivity contribution >= 4 is 11.6 Å². The number of hydrogen-bond donors (Lipinski definition) is 1. The fraction of sp³-hybridized carbons (Fsp3) is 0.429. The van der Waals surface area contributed by atoms with E-state index >= 15 is 0 Å². The van der Waals surface area contributed by atoms with Crippen LogP contribution in [0.25, 0.3) is 0 Å². The Balaban J connectivity index is 2.28. The average molecular weight is 254 g/mol. The summed E-state index contributed by atoms with van der Waals surface area (Å²) in [5, 5.41) is 4.18. The van der Waals surface area contributed by atoms with Crippen LogP contribution in [-0.4, -0.2) is 19.8 Å². The number of hydrogen-bond acceptors (Lipinski definition) is 2. The van der Waals surface area contributed by atoms with Gasteiger partial charge in [0.05, 0.1) is 13.2 Å². The predicted octanol–water partition coefficient (Wildman–Crippen LogP) is 3.58. The molecular formula is C14H20ClNO. The van der Waals surface area contributed by atoms with Crippen molar-refractivity contribution < 1.29 is 4.74 Å². The van der Waals surface area contributed by atoms with Crippen molar-refractivity contribution in [1.29, 1.82) is 0 Å². The Hall–Kier alpha value is -0.830. The van der Waals surface area contributed by atoms with Gasteiger partial charge in [-0.3, -0.25) is 0 Å². The molecule has 0 aromatic heterocycles. The number of benzene rings is 1. The van der Waals surface area contributed by atoms with Crippen LogP contribution in [-0.2, 0) is 4.74 Å². The first-order chi connectivity index (χ1) is 8.11. The van der Waals surface area contributed by atoms with Crippen LogP contribution in [0.3, 0.4) is 0 Å². The summed E-state index contributed by atoms with van der Waals surface area (Å²) < 4.78 is 5.42. The summed E-state index contributed by atoms with van der Waals surface area (Å²) in [5.74, 6) is 0. The first-order valence-corrected chi connectivity index (χ1v) is 6.19. The minimum Gasteiger partial charge on any atom is -0.376 e. The molecule has 94 valence electrons. The van der Waals surface area contributed by atoms with E-state index in [9.17, 15) is 0 Å². The molecule has 1 rings (SSSR count). The molecule has 0 aliphatic carbocycles. The lowest BCUT2D eigenvalue weighted by molar-refractivity contribution is 0.156. The molecule has 0 radical (unpaired) electrons. The van der Waals surface area contributed by atoms with Crippen LogP contribution in [0.5, 0.6) is 0 Å². The molecule has 0 amide bonds. The van der Waals surface area contributed by atoms with Crippen LogP contribution < -0.4 is 5.32 Å². The molecule has 0 fully saturated rings. The van der Waals surface area contributed by atoms with Crippen molar-refractivity contribution in [1.82, 2.24) is 5.32 Å². The van der Waals surface area contributed by atoms with E-state index in [1.165, 1.54) is 0 Å². The first kappa shape index (κ1) is 14.2. The minimum absolute atomic E-state index is 0.233. The van der Waals surface area contributed by atoms with Crippen molar-refractivity contribution in [2.24, 2.45) is 0 Å². The molecular weight excluding hydrogens is 234 g/mol. The molecule has 0 aliphatic rings. The van der Waals surface area contributed by atoms with E-state index < -0.39 is 0 Å². The molecule has 1 aromatic carbocycles. The molecule has 1 N–H and O–H groups in total. The summed E-state index contributed by atoms with van der Waals surface area (Å²) >= 11 is 6.12. The topological polar surface area (TPSA) is 21.3 Å². The van der Waals surface area contributed by atoms with Gasteiger partial charge in [0.1, 0.15) is 0 Å². The quantitative estimate of drug-likeness (QED) is 0.592. The summed E-state index contributed by atoms with van der Waals surface area (Å²) in [6.45, 7) is 9.95. The van der Waals surface area contributed by atoms with Crippen LogP contribution in [0.4, 0.5) is 0 Å². The Labute approximate surface area is 109 Å². The van der Waals surface area contributed by atoms with E-state index in [1.54, 1.807) is 0 Å². The van der Waals surface area contributed by atoms with Crippen molar-refractivity contribution in [2.45, 2.75) is 19.9 Å². The second-order valence-electron chi connectivity index (χ2n) is 4.21. The van der Waals surface area contributed by atoms with E-state index in [4.69, 9.17) is 16.3 Å². The largest absolute Gasteiger partial charge is 0.376 e. The monoisotopic (exact) mass is 253 g/mol. The highest BCUT2D eigenvalue weighted by molar-refractivity contribution is 6.31. The molecule has 1 aromatic rings. The minimum atomic E-state index is 0.233. The van der Waals surface area contributed by atoms with Gasteiger partial charge < -0.3 is 10.1 Å². The predicted molar refractivity (Wildman–Crippen MR) is 73.5 cm³/mol. The van der Waals surface area contributed by atoms with Crippen molar-refractivity contribution in [3.8, 4) is 0 Å². The number of halogens is 1. The van der Waals surface area contributed by atoms with Crippen LogP contribution in [0.1, 0.15) is 25.5 Å². The van der Waals surface area contributed by atoms with Gasteiger partial charge in [-0.2, -0.15) is 0 Å². The van der Waals surface area contributed by atoms with Gasteiger partial charge in [-0.15, -0.1) is 0 Å². The third-order valence-electron chi connectivity index (χ3n) is 2.42. The van der Waals surface area contributed by atoms with E-state index in [1.807, 2.05) is 31.2 Å². The van der Waals surface area contributed by atoms with E-state index in [-0.39, 0.29) is 6.04 Å². The molecule has 0 saturated carbocycles. The Morgan fingerprint density at radius 2 is 2.18 bits per heavy atom. The molecule has 2 nitrogen and oxygen atoms in total. The summed E-state index contributed by atoms with van der Waals surface area (Å²) in [7, 11) is 0. The maximum absolute atomic E-state index is 6.12. The lowest BCUT2D eigenvalue weighted by atomic mass is 10.1. The van der Waals surface area contributed by atoms with Gasteiger partial charge in [0.25, 0.3) is 0 Å². The highest BCUT2D eigenvalue weighted by atomic mass is 35.5. The standard InChI is InChI=1S/C14H20ClNO/c1-11(2)10-17-9-8-16-12(3)13-6-4-5-7-14(13)15/h4-7,12,16H,1,8-10H2,2-3H3. The smallest absolute Gasteiger partial charge is 0.0672 e. The Kier molecular flexibility index (Phi) is 6.27. The first-order valence-electron chi connectivity index (χ1n) is 5.81. The highest BCUT2D eigenvalue weighted by Crippen LogP contribution is 2.21. The third-order valence-corrected chi connectivity index (χ3v) is 2.76. The average Bonchev–Trinajstić information content (AvgIpc) is 2.28. The normalized spacial score (nSPS) is 12.4. The van der Waals surface area contributed by atoms with Crippen molar-refractivity contribution in [3.63, 3.8) is 0 Å². The maximum Gasteiger partial charge on any atom is 0.0672 e. The molecule has 0 aliphatic heterocycles. The Morgan fingerprint density at radius 3 is 2.82 bits per heavy atom. The zero-order valence-electron chi connectivity index (χ0n) is 10.5. The van der Waals surface area contributed by atoms with Gasteiger partial charge in [-0.25, -0.2) is 0 Å². The van der Waals surface area contributed by atoms with Gasteiger partial charge in [0.15, 0.2) is 0 Å². The molecule has 17 heavy (non-hydrogen) atoms. The number of nitrogens with one attached hydrogen (secondary N) is 1. The van der Waals surface area contributed by atoms with Crippen LogP contribution in [0.15, 0.2) is 36.4 Å². The second kappa shape index (κ2) is 7.49. The molecule has 3 heteroatoms. The molecule has 0 heterocycles. The SMILES string of the molecule is C=C(C)COCCNC(C)c1ccccc1Cl. The summed E-state index contributed by atoms with van der Waals surface area (Å²) in [6, 6.07) is 8.12. The molecule has 0 saturated heterocycles. The van der Waals surface area contributed by atoms with Gasteiger partial charge in [0, 0.05) is 17.6 Å². The van der Waals surface area contributed by atoms with Crippen molar-refractivity contribution in [2.75, 3.05) is 19.8 Å². The zero-order chi connectivity index (χ0) is 12.7. The van der Waals surface area contributed by atoms with Crippen LogP contribution in [0.2, 0.25) is 5.02 Å². The summed E-state index contributed by atoms with van der Waals surface area (Å²) in [6.07, 6.45) is 0. The van der Waals surface area contributed by atoms with E-state index in [0.717, 1.165) is 22.7 Å². The lowest BCUT2D eigenvalue weighted by Crippen LogP contribution is -2.23. The van der Waals surface area contributed by atoms with Gasteiger partial charge in [-0.1, -0.05) is 42.0 Å². The Morgan fingerprint density at radius 1 is 1.47 bits per heavy atom. The number of ether oxygens (including phenoxy) is 1. The Bertz CT molecular complexity index is 365. The third kappa shape index (κ3) is 5.35. The van der Waals surface area contributed by atoms with Gasteiger partial charge in [-0.05, 0) is 25.5 Å². The molecule has 0 spiro atoms. The van der Waals surface area contributed by atoms with Crippen molar-refractivity contribution in [3.05, 3.63) is 47.0 Å². The molecule has 1 atom stereocenters. The maximum atomic E-state index is 6.12. The van der Waals surface area contributed by atoms with Crippen LogP contribution in [0, 0.1) is 0 Å². The summed E-state index contributed by atoms with van der Waals surface area (Å²) in [5.41, 5.74) is 2.17. The second-order valence-corrected chi connectivity index (χ2v) is 4.61. The molecule has 1 unspecified atom stereocenters. The fourth-order valence-corrected chi connectivity index (χ4v) is 1.83. The van der Waals surface area contributed by atoms with Gasteiger partial charge >= 0.3 is 0 Å². The van der Waals surface area contributed by atoms with E-state index in [2.05, 4.69) is 18.8 Å². The van der Waals surface area contributed by atoms with Gasteiger partial charge in [0.2, 0.25) is 0 Å². The fourth-order valence-electron chi connectivity index (χ4n) is 1.53.